The van der Waals surface area contributed by atoms with Crippen molar-refractivity contribution in [1.29, 1.82) is 0 Å². The van der Waals surface area contributed by atoms with E-state index in [9.17, 15) is 4.79 Å². The van der Waals surface area contributed by atoms with E-state index in [1.54, 1.807) is 0 Å². The van der Waals surface area contributed by atoms with Crippen LogP contribution in [0.2, 0.25) is 0 Å². The summed E-state index contributed by atoms with van der Waals surface area (Å²) in [6, 6.07) is 3.86. The molecule has 5 nitrogen and oxygen atoms in total. The molecule has 0 atom stereocenters. The minimum atomic E-state index is -0.455. The van der Waals surface area contributed by atoms with Crippen molar-refractivity contribution in [3.8, 4) is 0 Å². The standard InChI is InChI=1S/C13H22N2O3/c1-10-5-6-11(17-10)9-14-7-8-15-12(16)18-13(2,3)4/h5-6,14H,7-9H2,1-4H3,(H,15,16). The lowest BCUT2D eigenvalue weighted by Gasteiger charge is -2.19. The van der Waals surface area contributed by atoms with Crippen LogP contribution in [0.4, 0.5) is 4.79 Å². The van der Waals surface area contributed by atoms with Crippen LogP contribution in [0.3, 0.4) is 0 Å². The Morgan fingerprint density at radius 3 is 2.61 bits per heavy atom. The van der Waals surface area contributed by atoms with Crippen molar-refractivity contribution in [3.63, 3.8) is 0 Å². The molecule has 0 aliphatic heterocycles. The van der Waals surface area contributed by atoms with Crippen LogP contribution in [0, 0.1) is 6.92 Å². The molecular weight excluding hydrogens is 232 g/mol. The molecule has 0 saturated heterocycles. The number of carbonyl (C=O) groups excluding carboxylic acids is 1. The maximum Gasteiger partial charge on any atom is 0.407 e. The zero-order valence-electron chi connectivity index (χ0n) is 11.5. The maximum atomic E-state index is 11.3. The highest BCUT2D eigenvalue weighted by molar-refractivity contribution is 5.67. The van der Waals surface area contributed by atoms with E-state index >= 15 is 0 Å². The first-order chi connectivity index (χ1) is 8.37. The van der Waals surface area contributed by atoms with Gasteiger partial charge in [-0.2, -0.15) is 0 Å². The van der Waals surface area contributed by atoms with Gasteiger partial charge in [0.25, 0.3) is 0 Å². The van der Waals surface area contributed by atoms with Gasteiger partial charge in [0.1, 0.15) is 17.1 Å². The summed E-state index contributed by atoms with van der Waals surface area (Å²) in [6.45, 7) is 9.27. The molecule has 0 radical (unpaired) electrons. The fourth-order valence-electron chi connectivity index (χ4n) is 1.36. The van der Waals surface area contributed by atoms with E-state index in [1.165, 1.54) is 0 Å². The van der Waals surface area contributed by atoms with Gasteiger partial charge in [0.2, 0.25) is 0 Å². The summed E-state index contributed by atoms with van der Waals surface area (Å²) in [5.41, 5.74) is -0.455. The number of hydrogen-bond donors (Lipinski definition) is 2. The van der Waals surface area contributed by atoms with E-state index in [0.29, 0.717) is 19.6 Å². The van der Waals surface area contributed by atoms with Crippen LogP contribution >= 0.6 is 0 Å². The second kappa shape index (κ2) is 6.44. The van der Waals surface area contributed by atoms with Crippen molar-refractivity contribution in [2.75, 3.05) is 13.1 Å². The van der Waals surface area contributed by atoms with Gasteiger partial charge < -0.3 is 19.8 Å². The van der Waals surface area contributed by atoms with Crippen molar-refractivity contribution >= 4 is 6.09 Å². The van der Waals surface area contributed by atoms with Crippen LogP contribution < -0.4 is 10.6 Å². The van der Waals surface area contributed by atoms with Crippen molar-refractivity contribution in [2.24, 2.45) is 0 Å². The number of amides is 1. The van der Waals surface area contributed by atoms with Crippen LogP contribution in [-0.2, 0) is 11.3 Å². The molecule has 5 heteroatoms. The van der Waals surface area contributed by atoms with Gasteiger partial charge in [0.05, 0.1) is 6.54 Å². The summed E-state index contributed by atoms with van der Waals surface area (Å²) in [4.78, 5) is 11.3. The van der Waals surface area contributed by atoms with Gasteiger partial charge in [-0.25, -0.2) is 4.79 Å². The third kappa shape index (κ3) is 6.30. The molecule has 0 unspecified atom stereocenters. The Bertz CT molecular complexity index is 380. The molecule has 1 heterocycles. The fraction of sp³-hybridized carbons (Fsp3) is 0.615. The number of alkyl carbamates (subject to hydrolysis) is 1. The molecule has 0 aliphatic rings. The molecule has 1 amide bonds. The third-order valence-corrected chi connectivity index (χ3v) is 2.07. The van der Waals surface area contributed by atoms with Crippen LogP contribution in [0.25, 0.3) is 0 Å². The fourth-order valence-corrected chi connectivity index (χ4v) is 1.36. The Morgan fingerprint density at radius 2 is 2.06 bits per heavy atom. The number of hydrogen-bond acceptors (Lipinski definition) is 4. The molecular formula is C13H22N2O3. The van der Waals surface area contributed by atoms with Crippen molar-refractivity contribution in [2.45, 2.75) is 39.8 Å². The van der Waals surface area contributed by atoms with E-state index < -0.39 is 11.7 Å². The second-order valence-electron chi connectivity index (χ2n) is 5.12. The first-order valence-electron chi connectivity index (χ1n) is 6.10. The third-order valence-electron chi connectivity index (χ3n) is 2.07. The van der Waals surface area contributed by atoms with Crippen LogP contribution in [-0.4, -0.2) is 24.8 Å². The summed E-state index contributed by atoms with van der Waals surface area (Å²) in [5.74, 6) is 1.79. The molecule has 2 N–H and O–H groups in total. The predicted octanol–water partition coefficient (Wildman–Crippen LogP) is 2.20. The summed E-state index contributed by atoms with van der Waals surface area (Å²) < 4.78 is 10.5. The number of ether oxygens (including phenoxy) is 1. The lowest BCUT2D eigenvalue weighted by molar-refractivity contribution is 0.0528. The predicted molar refractivity (Wildman–Crippen MR) is 69.4 cm³/mol. The van der Waals surface area contributed by atoms with Gasteiger partial charge in [-0.15, -0.1) is 0 Å². The molecule has 0 bridgehead atoms. The average Bonchev–Trinajstić information content (AvgIpc) is 2.61. The summed E-state index contributed by atoms with van der Waals surface area (Å²) >= 11 is 0. The van der Waals surface area contributed by atoms with E-state index in [4.69, 9.17) is 9.15 Å². The Morgan fingerprint density at radius 1 is 1.33 bits per heavy atom. The van der Waals surface area contributed by atoms with Crippen molar-refractivity contribution < 1.29 is 13.9 Å². The number of rotatable bonds is 5. The largest absolute Gasteiger partial charge is 0.465 e. The highest BCUT2D eigenvalue weighted by atomic mass is 16.6. The normalized spacial score (nSPS) is 11.3. The molecule has 0 saturated carbocycles. The minimum absolute atomic E-state index is 0.391. The Kier molecular flexibility index (Phi) is 5.22. The summed E-state index contributed by atoms with van der Waals surface area (Å²) in [5, 5.41) is 5.85. The van der Waals surface area contributed by atoms with Gasteiger partial charge in [0, 0.05) is 13.1 Å². The molecule has 0 aliphatic carbocycles. The molecule has 18 heavy (non-hydrogen) atoms. The van der Waals surface area contributed by atoms with Crippen molar-refractivity contribution in [1.82, 2.24) is 10.6 Å². The first kappa shape index (κ1) is 14.6. The first-order valence-corrected chi connectivity index (χ1v) is 6.10. The van der Waals surface area contributed by atoms with Gasteiger partial charge in [-0.05, 0) is 39.8 Å². The quantitative estimate of drug-likeness (QED) is 0.791. The Balaban J connectivity index is 2.07. The second-order valence-corrected chi connectivity index (χ2v) is 5.12. The SMILES string of the molecule is Cc1ccc(CNCCNC(=O)OC(C)(C)C)o1. The molecule has 0 spiro atoms. The van der Waals surface area contributed by atoms with E-state index in [0.717, 1.165) is 11.5 Å². The summed E-state index contributed by atoms with van der Waals surface area (Å²) in [7, 11) is 0. The smallest absolute Gasteiger partial charge is 0.407 e. The van der Waals surface area contributed by atoms with Gasteiger partial charge in [0.15, 0.2) is 0 Å². The minimum Gasteiger partial charge on any atom is -0.465 e. The Hall–Kier alpha value is -1.49. The molecule has 1 rings (SSSR count). The number of aryl methyl sites for hydroxylation is 1. The maximum absolute atomic E-state index is 11.3. The monoisotopic (exact) mass is 254 g/mol. The molecule has 1 aromatic rings. The zero-order valence-corrected chi connectivity index (χ0v) is 11.5. The number of furan rings is 1. The highest BCUT2D eigenvalue weighted by Gasteiger charge is 2.15. The lowest BCUT2D eigenvalue weighted by atomic mass is 10.2. The van der Waals surface area contributed by atoms with Crippen LogP contribution in [0.15, 0.2) is 16.5 Å². The average molecular weight is 254 g/mol. The van der Waals surface area contributed by atoms with Crippen LogP contribution in [0.5, 0.6) is 0 Å². The van der Waals surface area contributed by atoms with Gasteiger partial charge in [-0.1, -0.05) is 0 Å². The van der Waals surface area contributed by atoms with E-state index in [1.807, 2.05) is 39.8 Å². The number of carbonyl (C=O) groups is 1. The summed E-state index contributed by atoms with van der Waals surface area (Å²) in [6.07, 6.45) is -0.391. The van der Waals surface area contributed by atoms with E-state index in [-0.39, 0.29) is 0 Å². The zero-order chi connectivity index (χ0) is 13.6. The van der Waals surface area contributed by atoms with Crippen LogP contribution in [0.1, 0.15) is 32.3 Å². The van der Waals surface area contributed by atoms with Crippen molar-refractivity contribution in [3.05, 3.63) is 23.7 Å². The number of nitrogens with one attached hydrogen (secondary N) is 2. The molecule has 102 valence electrons. The molecule has 0 aromatic carbocycles. The molecule has 0 fully saturated rings. The molecule has 1 aromatic heterocycles. The van der Waals surface area contributed by atoms with Gasteiger partial charge >= 0.3 is 6.09 Å². The van der Waals surface area contributed by atoms with Gasteiger partial charge in [-0.3, -0.25) is 0 Å². The lowest BCUT2D eigenvalue weighted by Crippen LogP contribution is -2.36. The Labute approximate surface area is 108 Å². The van der Waals surface area contributed by atoms with E-state index in [2.05, 4.69) is 10.6 Å². The highest BCUT2D eigenvalue weighted by Crippen LogP contribution is 2.06. The topological polar surface area (TPSA) is 63.5 Å².